The molecule has 1 aromatic heterocycles. The Morgan fingerprint density at radius 1 is 1.08 bits per heavy atom. The van der Waals surface area contributed by atoms with Crippen molar-refractivity contribution >= 4 is 61.0 Å². The second-order valence-corrected chi connectivity index (χ2v) is 12.4. The molecule has 1 amide bonds. The summed E-state index contributed by atoms with van der Waals surface area (Å²) in [6, 6.07) is 18.2. The molecule has 0 saturated carbocycles. The molecule has 11 heteroatoms. The first-order chi connectivity index (χ1) is 18.6. The van der Waals surface area contributed by atoms with E-state index in [0.29, 0.717) is 33.8 Å². The van der Waals surface area contributed by atoms with E-state index in [1.807, 2.05) is 6.92 Å². The van der Waals surface area contributed by atoms with Gasteiger partial charge in [-0.3, -0.25) is 14.5 Å². The first kappa shape index (κ1) is 26.6. The van der Waals surface area contributed by atoms with Gasteiger partial charge in [0, 0.05) is 16.3 Å². The normalized spacial score (nSPS) is 17.1. The van der Waals surface area contributed by atoms with Crippen molar-refractivity contribution < 1.29 is 23.1 Å². The summed E-state index contributed by atoms with van der Waals surface area (Å²) in [5, 5.41) is 11.8. The number of aromatic nitrogens is 1. The zero-order valence-electron chi connectivity index (χ0n) is 20.5. The first-order valence-electron chi connectivity index (χ1n) is 11.8. The SMILES string of the molecule is CCc1cc(N)ccc1C(O)=C1C(=O)C(=O)N(c2ncc(S(=O)(=O)c3ccccc3)s2)C1c1cccc(Cl)c1. The molecule has 1 saturated heterocycles. The number of aliphatic hydroxyl groups is 1. The highest BCUT2D eigenvalue weighted by atomic mass is 35.5. The van der Waals surface area contributed by atoms with Crippen molar-refractivity contribution in [3.63, 3.8) is 0 Å². The van der Waals surface area contributed by atoms with Crippen LogP contribution in [0.3, 0.4) is 0 Å². The Morgan fingerprint density at radius 2 is 1.82 bits per heavy atom. The Morgan fingerprint density at radius 3 is 2.51 bits per heavy atom. The van der Waals surface area contributed by atoms with Crippen molar-refractivity contribution in [2.75, 3.05) is 10.6 Å². The van der Waals surface area contributed by atoms with Crippen LogP contribution in [0.5, 0.6) is 0 Å². The van der Waals surface area contributed by atoms with Crippen LogP contribution in [0.2, 0.25) is 5.02 Å². The minimum atomic E-state index is -3.91. The zero-order valence-corrected chi connectivity index (χ0v) is 22.9. The maximum Gasteiger partial charge on any atom is 0.301 e. The first-order valence-corrected chi connectivity index (χ1v) is 14.5. The monoisotopic (exact) mass is 579 g/mol. The van der Waals surface area contributed by atoms with E-state index in [4.69, 9.17) is 17.3 Å². The molecule has 0 radical (unpaired) electrons. The van der Waals surface area contributed by atoms with Crippen LogP contribution in [0.25, 0.3) is 5.76 Å². The number of carbonyl (C=O) groups excluding carboxylic acids is 2. The van der Waals surface area contributed by atoms with Gasteiger partial charge >= 0.3 is 5.91 Å². The van der Waals surface area contributed by atoms with Gasteiger partial charge < -0.3 is 10.8 Å². The summed E-state index contributed by atoms with van der Waals surface area (Å²) >= 11 is 7.02. The van der Waals surface area contributed by atoms with Crippen LogP contribution < -0.4 is 10.6 Å². The highest BCUT2D eigenvalue weighted by Gasteiger charge is 2.48. The van der Waals surface area contributed by atoms with Crippen LogP contribution >= 0.6 is 22.9 Å². The van der Waals surface area contributed by atoms with E-state index in [2.05, 4.69) is 4.98 Å². The minimum Gasteiger partial charge on any atom is -0.507 e. The summed E-state index contributed by atoms with van der Waals surface area (Å²) in [4.78, 5) is 32.3. The van der Waals surface area contributed by atoms with Crippen LogP contribution in [0.15, 0.2) is 93.7 Å². The Labute approximate surface area is 233 Å². The second kappa shape index (κ2) is 10.3. The Kier molecular flexibility index (Phi) is 7.02. The number of sulfone groups is 1. The molecule has 5 rings (SSSR count). The van der Waals surface area contributed by atoms with Crippen molar-refractivity contribution in [3.05, 3.63) is 106 Å². The van der Waals surface area contributed by atoms with E-state index >= 15 is 0 Å². The third-order valence-electron chi connectivity index (χ3n) is 6.37. The molecule has 1 aliphatic heterocycles. The number of aryl methyl sites for hydroxylation is 1. The molecule has 1 fully saturated rings. The number of rotatable bonds is 6. The summed E-state index contributed by atoms with van der Waals surface area (Å²) in [6.45, 7) is 1.88. The van der Waals surface area contributed by atoms with Gasteiger partial charge in [-0.15, -0.1) is 0 Å². The number of amides is 1. The number of aliphatic hydroxyl groups excluding tert-OH is 1. The second-order valence-electron chi connectivity index (χ2n) is 8.77. The predicted octanol–water partition coefficient (Wildman–Crippen LogP) is 5.40. The number of carbonyl (C=O) groups is 2. The van der Waals surface area contributed by atoms with Gasteiger partial charge in [-0.1, -0.05) is 60.2 Å². The standard InChI is InChI=1S/C28H22ClN3O5S2/c1-2-16-14-19(30)11-12-21(16)25(33)23-24(17-7-6-8-18(29)13-17)32(27(35)26(23)34)28-31-15-22(38-28)39(36,37)20-9-4-3-5-10-20/h3-15,24,33H,2,30H2,1H3. The molecule has 0 spiro atoms. The lowest BCUT2D eigenvalue weighted by Gasteiger charge is -2.23. The van der Waals surface area contributed by atoms with E-state index in [1.54, 1.807) is 60.7 Å². The molecular formula is C28H22ClN3O5S2. The average molecular weight is 580 g/mol. The lowest BCUT2D eigenvalue weighted by atomic mass is 9.93. The highest BCUT2D eigenvalue weighted by Crippen LogP contribution is 2.45. The van der Waals surface area contributed by atoms with Crippen molar-refractivity contribution in [1.82, 2.24) is 4.98 Å². The van der Waals surface area contributed by atoms with Crippen molar-refractivity contribution in [2.24, 2.45) is 0 Å². The van der Waals surface area contributed by atoms with Crippen LogP contribution in [0.1, 0.15) is 29.7 Å². The maximum absolute atomic E-state index is 13.5. The van der Waals surface area contributed by atoms with Gasteiger partial charge in [0.1, 0.15) is 9.97 Å². The van der Waals surface area contributed by atoms with Gasteiger partial charge in [0.15, 0.2) is 5.13 Å². The quantitative estimate of drug-likeness (QED) is 0.135. The molecule has 4 aromatic rings. The predicted molar refractivity (Wildman–Crippen MR) is 150 cm³/mol. The summed E-state index contributed by atoms with van der Waals surface area (Å²) in [5.41, 5.74) is 7.75. The molecule has 0 bridgehead atoms. The molecule has 3 aromatic carbocycles. The molecule has 3 N–H and O–H groups in total. The van der Waals surface area contributed by atoms with Crippen LogP contribution in [0, 0.1) is 0 Å². The number of benzene rings is 3. The average Bonchev–Trinajstić information content (AvgIpc) is 3.52. The third-order valence-corrected chi connectivity index (χ3v) is 9.83. The lowest BCUT2D eigenvalue weighted by Crippen LogP contribution is -2.29. The van der Waals surface area contributed by atoms with Crippen LogP contribution in [0.4, 0.5) is 10.8 Å². The number of nitrogens with two attached hydrogens (primary N) is 1. The van der Waals surface area contributed by atoms with Crippen molar-refractivity contribution in [1.29, 1.82) is 0 Å². The number of halogens is 1. The van der Waals surface area contributed by atoms with Gasteiger partial charge in [-0.05, 0) is 60.0 Å². The fourth-order valence-corrected chi connectivity index (χ4v) is 7.27. The zero-order chi connectivity index (χ0) is 27.9. The van der Waals surface area contributed by atoms with Crippen molar-refractivity contribution in [3.8, 4) is 0 Å². The molecule has 1 atom stereocenters. The van der Waals surface area contributed by atoms with Gasteiger partial charge in [0.25, 0.3) is 5.78 Å². The summed E-state index contributed by atoms with van der Waals surface area (Å²) in [7, 11) is -3.91. The number of nitrogens with zero attached hydrogens (tertiary/aromatic N) is 2. The summed E-state index contributed by atoms with van der Waals surface area (Å²) < 4.78 is 26.3. The van der Waals surface area contributed by atoms with E-state index in [9.17, 15) is 23.1 Å². The van der Waals surface area contributed by atoms with Gasteiger partial charge in [0.05, 0.1) is 22.7 Å². The largest absolute Gasteiger partial charge is 0.507 e. The fraction of sp³-hybridized carbons (Fsp3) is 0.107. The topological polar surface area (TPSA) is 131 Å². The van der Waals surface area contributed by atoms with Crippen LogP contribution in [-0.2, 0) is 25.8 Å². The van der Waals surface area contributed by atoms with E-state index < -0.39 is 27.6 Å². The van der Waals surface area contributed by atoms with Gasteiger partial charge in [0.2, 0.25) is 9.84 Å². The molecule has 39 heavy (non-hydrogen) atoms. The Bertz CT molecular complexity index is 1750. The van der Waals surface area contributed by atoms with Crippen LogP contribution in [-0.4, -0.2) is 30.2 Å². The number of nitrogen functional groups attached to an aromatic ring is 1. The molecular weight excluding hydrogens is 558 g/mol. The molecule has 1 unspecified atom stereocenters. The number of hydrogen-bond donors (Lipinski definition) is 2. The number of ketones is 1. The molecule has 2 heterocycles. The number of hydrogen-bond acceptors (Lipinski definition) is 8. The third kappa shape index (κ3) is 4.71. The Hall–Kier alpha value is -3.99. The highest BCUT2D eigenvalue weighted by molar-refractivity contribution is 7.93. The number of anilines is 2. The fourth-order valence-electron chi connectivity index (χ4n) is 4.51. The maximum atomic E-state index is 13.5. The van der Waals surface area contributed by atoms with Gasteiger partial charge in [-0.2, -0.15) is 0 Å². The smallest absolute Gasteiger partial charge is 0.301 e. The summed E-state index contributed by atoms with van der Waals surface area (Å²) in [5.74, 6) is -2.25. The molecule has 0 aliphatic carbocycles. The van der Waals surface area contributed by atoms with E-state index in [-0.39, 0.29) is 25.6 Å². The Balaban J connectivity index is 1.69. The van der Waals surface area contributed by atoms with Crippen molar-refractivity contribution in [2.45, 2.75) is 28.5 Å². The van der Waals surface area contributed by atoms with E-state index in [0.717, 1.165) is 22.4 Å². The van der Waals surface area contributed by atoms with E-state index in [1.165, 1.54) is 12.1 Å². The molecule has 8 nitrogen and oxygen atoms in total. The minimum absolute atomic E-state index is 0.0105. The lowest BCUT2D eigenvalue weighted by molar-refractivity contribution is -0.132. The molecule has 198 valence electrons. The van der Waals surface area contributed by atoms with Gasteiger partial charge in [-0.25, -0.2) is 13.4 Å². The number of Topliss-reactive ketones (excluding diaryl/α,β-unsaturated/α-hetero) is 1. The summed E-state index contributed by atoms with van der Waals surface area (Å²) in [6.07, 6.45) is 1.67. The molecule has 1 aliphatic rings. The number of thiazole rings is 1.